The van der Waals surface area contributed by atoms with Crippen molar-refractivity contribution in [1.29, 1.82) is 0 Å². The molecule has 0 aromatic rings. The third-order valence-electron chi connectivity index (χ3n) is 1.43. The zero-order valence-corrected chi connectivity index (χ0v) is 6.19. The summed E-state index contributed by atoms with van der Waals surface area (Å²) in [5, 5.41) is 8.64. The molecule has 0 aliphatic carbocycles. The molecule has 1 N–H and O–H groups in total. The van der Waals surface area contributed by atoms with Crippen LogP contribution in [0, 0.1) is 0 Å². The van der Waals surface area contributed by atoms with Gasteiger partial charge in [-0.05, 0) is 12.2 Å². The van der Waals surface area contributed by atoms with Crippen LogP contribution in [0.3, 0.4) is 0 Å². The minimum atomic E-state index is -0.759. The lowest BCUT2D eigenvalue weighted by molar-refractivity contribution is -0.160. The molecule has 1 rings (SSSR count). The first-order chi connectivity index (χ1) is 5.27. The van der Waals surface area contributed by atoms with E-state index in [-0.39, 0.29) is 12.4 Å². The minimum absolute atomic E-state index is 0.221. The molecule has 0 bridgehead atoms. The zero-order chi connectivity index (χ0) is 8.27. The van der Waals surface area contributed by atoms with Gasteiger partial charge in [-0.1, -0.05) is 0 Å². The second-order valence-corrected chi connectivity index (χ2v) is 2.17. The smallest absolute Gasteiger partial charge is 0.186 e. The maximum absolute atomic E-state index is 10.9. The van der Waals surface area contributed by atoms with Gasteiger partial charge in [0.05, 0.1) is 6.61 Å². The zero-order valence-electron chi connectivity index (χ0n) is 6.19. The normalized spacial score (nSPS) is 30.9. The molecular weight excluding hydrogens is 148 g/mol. The molecule has 0 aromatic carbocycles. The van der Waals surface area contributed by atoms with E-state index in [4.69, 9.17) is 14.6 Å². The lowest BCUT2D eigenvalue weighted by atomic mass is 10.2. The van der Waals surface area contributed by atoms with Crippen LogP contribution in [0.2, 0.25) is 0 Å². The van der Waals surface area contributed by atoms with Crippen molar-refractivity contribution in [1.82, 2.24) is 0 Å². The standard InChI is InChI=1S/C7H10O4/c1-10-7-3-2-5(9)6(4-8)11-7/h2-3,6-8H,4H2,1H3/t6-,7+/m0/s1. The number of methoxy groups -OCH3 is 1. The van der Waals surface area contributed by atoms with Crippen molar-refractivity contribution in [3.63, 3.8) is 0 Å². The van der Waals surface area contributed by atoms with Gasteiger partial charge in [0, 0.05) is 7.11 Å². The highest BCUT2D eigenvalue weighted by atomic mass is 16.7. The van der Waals surface area contributed by atoms with Crippen LogP contribution in [-0.2, 0) is 14.3 Å². The maximum Gasteiger partial charge on any atom is 0.186 e. The molecule has 1 aliphatic heterocycles. The van der Waals surface area contributed by atoms with Crippen molar-refractivity contribution in [2.75, 3.05) is 13.7 Å². The van der Waals surface area contributed by atoms with Crippen LogP contribution in [0.25, 0.3) is 0 Å². The van der Waals surface area contributed by atoms with Gasteiger partial charge in [0.2, 0.25) is 0 Å². The fourth-order valence-corrected chi connectivity index (χ4v) is 0.822. The Labute approximate surface area is 64.4 Å². The molecule has 11 heavy (non-hydrogen) atoms. The quantitative estimate of drug-likeness (QED) is 0.587. The van der Waals surface area contributed by atoms with Gasteiger partial charge in [0.25, 0.3) is 0 Å². The van der Waals surface area contributed by atoms with Crippen LogP contribution in [0.1, 0.15) is 0 Å². The molecular formula is C7H10O4. The molecule has 0 amide bonds. The number of aliphatic hydroxyl groups is 1. The van der Waals surface area contributed by atoms with Crippen LogP contribution in [0.15, 0.2) is 12.2 Å². The average Bonchev–Trinajstić information content (AvgIpc) is 2.05. The maximum atomic E-state index is 10.9. The summed E-state index contributed by atoms with van der Waals surface area (Å²) in [7, 11) is 1.47. The molecule has 4 nitrogen and oxygen atoms in total. The predicted octanol–water partition coefficient (Wildman–Crippen LogP) is -0.525. The summed E-state index contributed by atoms with van der Waals surface area (Å²) in [5.74, 6) is -0.221. The average molecular weight is 158 g/mol. The fourth-order valence-electron chi connectivity index (χ4n) is 0.822. The number of carbonyl (C=O) groups excluding carboxylic acids is 1. The number of ketones is 1. The minimum Gasteiger partial charge on any atom is -0.393 e. The van der Waals surface area contributed by atoms with Gasteiger partial charge in [-0.2, -0.15) is 0 Å². The van der Waals surface area contributed by atoms with Crippen LogP contribution in [0.5, 0.6) is 0 Å². The van der Waals surface area contributed by atoms with E-state index in [0.29, 0.717) is 0 Å². The molecule has 0 saturated heterocycles. The van der Waals surface area contributed by atoms with Gasteiger partial charge in [-0.25, -0.2) is 0 Å². The Hall–Kier alpha value is -0.710. The molecule has 0 saturated carbocycles. The largest absolute Gasteiger partial charge is 0.393 e. The summed E-state index contributed by atoms with van der Waals surface area (Å²) >= 11 is 0. The summed E-state index contributed by atoms with van der Waals surface area (Å²) in [6.07, 6.45) is 1.60. The molecule has 0 unspecified atom stereocenters. The highest BCUT2D eigenvalue weighted by molar-refractivity contribution is 5.94. The molecule has 4 heteroatoms. The van der Waals surface area contributed by atoms with Crippen molar-refractivity contribution >= 4 is 5.78 Å². The molecule has 0 spiro atoms. The number of aliphatic hydroxyl groups excluding tert-OH is 1. The first-order valence-corrected chi connectivity index (χ1v) is 3.29. The Bertz CT molecular complexity index is 175. The summed E-state index contributed by atoms with van der Waals surface area (Å²) < 4.78 is 9.79. The third-order valence-corrected chi connectivity index (χ3v) is 1.43. The van der Waals surface area contributed by atoms with Crippen molar-refractivity contribution in [3.8, 4) is 0 Å². The van der Waals surface area contributed by atoms with E-state index in [1.54, 1.807) is 0 Å². The van der Waals surface area contributed by atoms with Crippen molar-refractivity contribution in [3.05, 3.63) is 12.2 Å². The highest BCUT2D eigenvalue weighted by Gasteiger charge is 2.23. The number of carbonyl (C=O) groups is 1. The van der Waals surface area contributed by atoms with Gasteiger partial charge < -0.3 is 14.6 Å². The molecule has 1 aliphatic rings. The molecule has 2 atom stereocenters. The third kappa shape index (κ3) is 1.86. The second kappa shape index (κ2) is 3.61. The highest BCUT2D eigenvalue weighted by Crippen LogP contribution is 2.08. The Morgan fingerprint density at radius 3 is 3.09 bits per heavy atom. The number of hydrogen-bond acceptors (Lipinski definition) is 4. The molecule has 0 fully saturated rings. The van der Waals surface area contributed by atoms with Crippen LogP contribution >= 0.6 is 0 Å². The van der Waals surface area contributed by atoms with E-state index < -0.39 is 12.4 Å². The fraction of sp³-hybridized carbons (Fsp3) is 0.571. The van der Waals surface area contributed by atoms with Gasteiger partial charge in [0.15, 0.2) is 12.1 Å². The van der Waals surface area contributed by atoms with Crippen LogP contribution in [0.4, 0.5) is 0 Å². The number of ether oxygens (including phenoxy) is 2. The van der Waals surface area contributed by atoms with Crippen LogP contribution < -0.4 is 0 Å². The Morgan fingerprint density at radius 2 is 2.55 bits per heavy atom. The van der Waals surface area contributed by atoms with Gasteiger partial charge in [-0.15, -0.1) is 0 Å². The Morgan fingerprint density at radius 1 is 1.82 bits per heavy atom. The van der Waals surface area contributed by atoms with Crippen molar-refractivity contribution < 1.29 is 19.4 Å². The SMILES string of the molecule is CO[C@H]1C=CC(=O)[C@H](CO)O1. The molecule has 1 heterocycles. The Kier molecular flexibility index (Phi) is 2.76. The van der Waals surface area contributed by atoms with Crippen molar-refractivity contribution in [2.24, 2.45) is 0 Å². The summed E-state index contributed by atoms with van der Waals surface area (Å²) in [4.78, 5) is 10.9. The predicted molar refractivity (Wildman–Crippen MR) is 36.9 cm³/mol. The first-order valence-electron chi connectivity index (χ1n) is 3.29. The van der Waals surface area contributed by atoms with E-state index in [0.717, 1.165) is 0 Å². The second-order valence-electron chi connectivity index (χ2n) is 2.17. The number of rotatable bonds is 2. The lowest BCUT2D eigenvalue weighted by Gasteiger charge is -2.21. The van der Waals surface area contributed by atoms with E-state index in [1.807, 2.05) is 0 Å². The summed E-state index contributed by atoms with van der Waals surface area (Å²) in [6.45, 7) is -0.303. The summed E-state index contributed by atoms with van der Waals surface area (Å²) in [6, 6.07) is 0. The van der Waals surface area contributed by atoms with Crippen molar-refractivity contribution in [2.45, 2.75) is 12.4 Å². The van der Waals surface area contributed by atoms with Crippen LogP contribution in [-0.4, -0.2) is 37.0 Å². The lowest BCUT2D eigenvalue weighted by Crippen LogP contribution is -2.35. The molecule has 0 radical (unpaired) electrons. The van der Waals surface area contributed by atoms with Gasteiger partial charge in [-0.3, -0.25) is 4.79 Å². The topological polar surface area (TPSA) is 55.8 Å². The first kappa shape index (κ1) is 8.39. The van der Waals surface area contributed by atoms with E-state index in [2.05, 4.69) is 0 Å². The molecule has 62 valence electrons. The number of hydrogen-bond donors (Lipinski definition) is 1. The van der Waals surface area contributed by atoms with Gasteiger partial charge >= 0.3 is 0 Å². The molecule has 0 aromatic heterocycles. The monoisotopic (exact) mass is 158 g/mol. The van der Waals surface area contributed by atoms with E-state index in [9.17, 15) is 4.79 Å². The van der Waals surface area contributed by atoms with E-state index in [1.165, 1.54) is 19.3 Å². The van der Waals surface area contributed by atoms with Gasteiger partial charge in [0.1, 0.15) is 6.10 Å². The van der Waals surface area contributed by atoms with E-state index >= 15 is 0 Å². The summed E-state index contributed by atoms with van der Waals surface area (Å²) in [5.41, 5.74) is 0. The Balaban J connectivity index is 2.59.